The molecule has 0 aliphatic heterocycles. The van der Waals surface area contributed by atoms with Crippen LogP contribution >= 0.6 is 23.4 Å². The van der Waals surface area contributed by atoms with Crippen LogP contribution in [-0.4, -0.2) is 46.5 Å². The lowest BCUT2D eigenvalue weighted by molar-refractivity contribution is -0.119. The van der Waals surface area contributed by atoms with Gasteiger partial charge in [0.15, 0.2) is 0 Å². The quantitative estimate of drug-likeness (QED) is 0.476. The van der Waals surface area contributed by atoms with Gasteiger partial charge in [0.2, 0.25) is 15.9 Å². The normalized spacial score (nSPS) is 11.1. The third-order valence-corrected chi connectivity index (χ3v) is 6.27. The second-order valence-corrected chi connectivity index (χ2v) is 9.58. The molecule has 0 bridgehead atoms. The molecule has 0 saturated heterocycles. The molecule has 1 N–H and O–H groups in total. The van der Waals surface area contributed by atoms with Gasteiger partial charge in [-0.1, -0.05) is 29.3 Å². The number of hydrogen-bond donors (Lipinski definition) is 1. The molecule has 0 unspecified atom stereocenters. The number of carbonyl (C=O) groups excluding carboxylic acids is 1. The summed E-state index contributed by atoms with van der Waals surface area (Å²) >= 11 is 7.70. The van der Waals surface area contributed by atoms with E-state index in [4.69, 9.17) is 16.3 Å². The number of anilines is 1. The van der Waals surface area contributed by atoms with E-state index >= 15 is 0 Å². The Morgan fingerprint density at radius 3 is 2.46 bits per heavy atom. The number of sulfonamides is 1. The molecule has 2 aromatic carbocycles. The molecule has 0 fully saturated rings. The molecular formula is C19H23ClN2O4S2. The van der Waals surface area contributed by atoms with E-state index in [-0.39, 0.29) is 17.5 Å². The standard InChI is InChI=1S/C19H23ClN2O4S2/c1-14-4-7-16(8-5-14)27-11-10-21-19(23)13-22(28(3,24)25)15-6-9-18(26-2)17(20)12-15/h4-9,12H,10-11,13H2,1-3H3,(H,21,23). The lowest BCUT2D eigenvalue weighted by atomic mass is 10.2. The molecule has 2 rings (SSSR count). The third kappa shape index (κ3) is 6.61. The average molecular weight is 443 g/mol. The van der Waals surface area contributed by atoms with Crippen molar-refractivity contribution in [3.8, 4) is 5.75 Å². The second kappa shape index (κ2) is 10.0. The van der Waals surface area contributed by atoms with Crippen LogP contribution < -0.4 is 14.4 Å². The first-order valence-corrected chi connectivity index (χ1v) is 11.7. The number of thioether (sulfide) groups is 1. The lowest BCUT2D eigenvalue weighted by Crippen LogP contribution is -2.41. The van der Waals surface area contributed by atoms with Crippen LogP contribution in [0.5, 0.6) is 5.75 Å². The zero-order valence-corrected chi connectivity index (χ0v) is 18.3. The summed E-state index contributed by atoms with van der Waals surface area (Å²) in [7, 11) is -2.19. The van der Waals surface area contributed by atoms with E-state index in [1.54, 1.807) is 23.9 Å². The first-order valence-electron chi connectivity index (χ1n) is 8.48. The minimum atomic E-state index is -3.66. The lowest BCUT2D eigenvalue weighted by Gasteiger charge is -2.22. The van der Waals surface area contributed by atoms with Crippen molar-refractivity contribution in [3.05, 3.63) is 53.1 Å². The fraction of sp³-hybridized carbons (Fsp3) is 0.316. The number of aryl methyl sites for hydroxylation is 1. The van der Waals surface area contributed by atoms with Gasteiger partial charge in [-0.2, -0.15) is 0 Å². The van der Waals surface area contributed by atoms with E-state index in [0.717, 1.165) is 15.5 Å². The number of rotatable bonds is 9. The second-order valence-electron chi connectivity index (χ2n) is 6.10. The highest BCUT2D eigenvalue weighted by atomic mass is 35.5. The van der Waals surface area contributed by atoms with Gasteiger partial charge in [0.05, 0.1) is 24.1 Å². The summed E-state index contributed by atoms with van der Waals surface area (Å²) in [6, 6.07) is 12.7. The zero-order chi connectivity index (χ0) is 20.7. The summed E-state index contributed by atoms with van der Waals surface area (Å²) in [6.45, 7) is 2.13. The Hall–Kier alpha value is -1.90. The van der Waals surface area contributed by atoms with E-state index in [1.807, 2.05) is 31.2 Å². The minimum Gasteiger partial charge on any atom is -0.495 e. The molecule has 0 aromatic heterocycles. The highest BCUT2D eigenvalue weighted by Crippen LogP contribution is 2.30. The molecule has 9 heteroatoms. The van der Waals surface area contributed by atoms with E-state index in [1.165, 1.54) is 18.7 Å². The smallest absolute Gasteiger partial charge is 0.240 e. The van der Waals surface area contributed by atoms with Gasteiger partial charge >= 0.3 is 0 Å². The molecule has 0 aliphatic carbocycles. The number of amides is 1. The number of nitrogens with zero attached hydrogens (tertiary/aromatic N) is 1. The topological polar surface area (TPSA) is 75.7 Å². The van der Waals surface area contributed by atoms with E-state index < -0.39 is 10.0 Å². The average Bonchev–Trinajstić information content (AvgIpc) is 2.64. The maximum atomic E-state index is 12.3. The van der Waals surface area contributed by atoms with Crippen LogP contribution in [0.15, 0.2) is 47.4 Å². The summed E-state index contributed by atoms with van der Waals surface area (Å²) in [5.74, 6) is 0.723. The monoisotopic (exact) mass is 442 g/mol. The van der Waals surface area contributed by atoms with Crippen molar-refractivity contribution in [1.29, 1.82) is 0 Å². The Balaban J connectivity index is 1.94. The third-order valence-electron chi connectivity index (χ3n) is 3.82. The van der Waals surface area contributed by atoms with Gasteiger partial charge in [-0.05, 0) is 37.3 Å². The van der Waals surface area contributed by atoms with Crippen molar-refractivity contribution in [2.45, 2.75) is 11.8 Å². The van der Waals surface area contributed by atoms with Crippen molar-refractivity contribution in [2.75, 3.05) is 36.5 Å². The Labute approximate surface area is 175 Å². The molecule has 2 aromatic rings. The maximum Gasteiger partial charge on any atom is 0.240 e. The summed E-state index contributed by atoms with van der Waals surface area (Å²) in [4.78, 5) is 13.4. The van der Waals surface area contributed by atoms with Crippen molar-refractivity contribution in [2.24, 2.45) is 0 Å². The molecule has 0 spiro atoms. The predicted molar refractivity (Wildman–Crippen MR) is 115 cm³/mol. The zero-order valence-electron chi connectivity index (χ0n) is 15.9. The van der Waals surface area contributed by atoms with Crippen LogP contribution in [0.25, 0.3) is 0 Å². The molecule has 0 heterocycles. The molecule has 1 amide bonds. The number of carbonyl (C=O) groups is 1. The molecule has 0 aliphatic rings. The van der Waals surface area contributed by atoms with Crippen LogP contribution in [0.1, 0.15) is 5.56 Å². The Morgan fingerprint density at radius 2 is 1.89 bits per heavy atom. The van der Waals surface area contributed by atoms with Crippen molar-refractivity contribution >= 4 is 45.0 Å². The van der Waals surface area contributed by atoms with E-state index in [9.17, 15) is 13.2 Å². The number of hydrogen-bond acceptors (Lipinski definition) is 5. The predicted octanol–water partition coefficient (Wildman–Crippen LogP) is 3.33. The van der Waals surface area contributed by atoms with Crippen LogP contribution in [0.4, 0.5) is 5.69 Å². The summed E-state index contributed by atoms with van der Waals surface area (Å²) in [5.41, 5.74) is 1.50. The van der Waals surface area contributed by atoms with Gasteiger partial charge in [0.1, 0.15) is 12.3 Å². The molecule has 0 atom stereocenters. The summed E-state index contributed by atoms with van der Waals surface area (Å²) in [5, 5.41) is 3.02. The fourth-order valence-corrected chi connectivity index (χ4v) is 4.26. The van der Waals surface area contributed by atoms with Crippen molar-refractivity contribution in [1.82, 2.24) is 5.32 Å². The van der Waals surface area contributed by atoms with Gasteiger partial charge < -0.3 is 10.1 Å². The summed E-state index contributed by atoms with van der Waals surface area (Å²) < 4.78 is 30.4. The first-order chi connectivity index (χ1) is 13.2. The van der Waals surface area contributed by atoms with Gasteiger partial charge in [0.25, 0.3) is 0 Å². The molecule has 0 radical (unpaired) electrons. The van der Waals surface area contributed by atoms with Crippen LogP contribution in [0.2, 0.25) is 5.02 Å². The van der Waals surface area contributed by atoms with Crippen molar-refractivity contribution in [3.63, 3.8) is 0 Å². The molecule has 0 saturated carbocycles. The van der Waals surface area contributed by atoms with Crippen molar-refractivity contribution < 1.29 is 17.9 Å². The Bertz CT molecular complexity index is 918. The molecule has 28 heavy (non-hydrogen) atoms. The Morgan fingerprint density at radius 1 is 1.21 bits per heavy atom. The van der Waals surface area contributed by atoms with E-state index in [0.29, 0.717) is 23.7 Å². The number of methoxy groups -OCH3 is 1. The van der Waals surface area contributed by atoms with Gasteiger partial charge in [-0.3, -0.25) is 9.10 Å². The van der Waals surface area contributed by atoms with Gasteiger partial charge in [-0.15, -0.1) is 11.8 Å². The highest BCUT2D eigenvalue weighted by Gasteiger charge is 2.21. The van der Waals surface area contributed by atoms with E-state index in [2.05, 4.69) is 5.32 Å². The minimum absolute atomic E-state index is 0.267. The molecule has 6 nitrogen and oxygen atoms in total. The fourth-order valence-electron chi connectivity index (χ4n) is 2.39. The van der Waals surface area contributed by atoms with Gasteiger partial charge in [0, 0.05) is 17.2 Å². The summed E-state index contributed by atoms with van der Waals surface area (Å²) in [6.07, 6.45) is 1.05. The number of benzene rings is 2. The maximum absolute atomic E-state index is 12.3. The first kappa shape index (κ1) is 22.4. The number of ether oxygens (including phenoxy) is 1. The van der Waals surface area contributed by atoms with Crippen LogP contribution in [0, 0.1) is 6.92 Å². The molecular weight excluding hydrogens is 420 g/mol. The number of nitrogens with one attached hydrogen (secondary N) is 1. The largest absolute Gasteiger partial charge is 0.495 e. The van der Waals surface area contributed by atoms with Crippen LogP contribution in [-0.2, 0) is 14.8 Å². The Kier molecular flexibility index (Phi) is 8.03. The van der Waals surface area contributed by atoms with Crippen LogP contribution in [0.3, 0.4) is 0 Å². The highest BCUT2D eigenvalue weighted by molar-refractivity contribution is 7.99. The van der Waals surface area contributed by atoms with Gasteiger partial charge in [-0.25, -0.2) is 8.42 Å². The SMILES string of the molecule is COc1ccc(N(CC(=O)NCCSc2ccc(C)cc2)S(C)(=O)=O)cc1Cl. The number of halogens is 1. The molecule has 152 valence electrons.